The van der Waals surface area contributed by atoms with Gasteiger partial charge in [0.05, 0.1) is 11.3 Å². The average Bonchev–Trinajstić information content (AvgIpc) is 2.33. The van der Waals surface area contributed by atoms with Crippen molar-refractivity contribution in [2.24, 2.45) is 0 Å². The molecule has 2 nitrogen and oxygen atoms in total. The zero-order chi connectivity index (χ0) is 14.0. The van der Waals surface area contributed by atoms with Crippen molar-refractivity contribution in [1.29, 1.82) is 0 Å². The lowest BCUT2D eigenvalue weighted by molar-refractivity contribution is -0.136. The van der Waals surface area contributed by atoms with Gasteiger partial charge in [-0.3, -0.25) is 0 Å². The van der Waals surface area contributed by atoms with Crippen LogP contribution in [0.15, 0.2) is 42.5 Å². The molecule has 3 N–H and O–H groups in total. The number of aryl methyl sites for hydroxylation is 1. The third-order valence-electron chi connectivity index (χ3n) is 2.79. The molecular formula is C14H13F3N2. The number of benzene rings is 2. The largest absolute Gasteiger partial charge is 0.418 e. The van der Waals surface area contributed by atoms with Gasteiger partial charge in [0.25, 0.3) is 0 Å². The van der Waals surface area contributed by atoms with Crippen LogP contribution in [0, 0.1) is 6.92 Å². The van der Waals surface area contributed by atoms with E-state index in [1.807, 2.05) is 6.92 Å². The molecule has 0 aliphatic heterocycles. The first-order valence-electron chi connectivity index (χ1n) is 5.67. The molecule has 0 aromatic heterocycles. The Morgan fingerprint density at radius 3 is 2.37 bits per heavy atom. The molecule has 0 spiro atoms. The number of nitrogens with two attached hydrogens (primary N) is 1. The summed E-state index contributed by atoms with van der Waals surface area (Å²) in [7, 11) is 0. The monoisotopic (exact) mass is 266 g/mol. The van der Waals surface area contributed by atoms with E-state index in [0.717, 1.165) is 11.6 Å². The summed E-state index contributed by atoms with van der Waals surface area (Å²) in [6.07, 6.45) is -4.39. The van der Waals surface area contributed by atoms with Crippen molar-refractivity contribution in [1.82, 2.24) is 0 Å². The minimum atomic E-state index is -4.39. The van der Waals surface area contributed by atoms with E-state index in [1.165, 1.54) is 12.1 Å². The smallest absolute Gasteiger partial charge is 0.398 e. The van der Waals surface area contributed by atoms with Gasteiger partial charge in [-0.15, -0.1) is 0 Å². The fraction of sp³-hybridized carbons (Fsp3) is 0.143. The predicted molar refractivity (Wildman–Crippen MR) is 70.3 cm³/mol. The molecule has 100 valence electrons. The molecule has 0 atom stereocenters. The highest BCUT2D eigenvalue weighted by atomic mass is 19.4. The van der Waals surface area contributed by atoms with E-state index < -0.39 is 11.7 Å². The van der Waals surface area contributed by atoms with Crippen molar-refractivity contribution in [2.45, 2.75) is 13.1 Å². The third-order valence-corrected chi connectivity index (χ3v) is 2.79. The number of nitrogens with one attached hydrogen (secondary N) is 1. The minimum Gasteiger partial charge on any atom is -0.398 e. The van der Waals surface area contributed by atoms with Gasteiger partial charge in [-0.25, -0.2) is 0 Å². The summed E-state index contributed by atoms with van der Waals surface area (Å²) in [5, 5.41) is 2.75. The van der Waals surface area contributed by atoms with E-state index in [1.54, 1.807) is 24.3 Å². The second-order valence-electron chi connectivity index (χ2n) is 4.24. The summed E-state index contributed by atoms with van der Waals surface area (Å²) in [5.74, 6) is 0. The highest BCUT2D eigenvalue weighted by molar-refractivity contribution is 5.67. The number of alkyl halides is 3. The van der Waals surface area contributed by atoms with Crippen LogP contribution in [0.5, 0.6) is 0 Å². The number of para-hydroxylation sites is 1. The first-order valence-corrected chi connectivity index (χ1v) is 5.67. The maximum Gasteiger partial charge on any atom is 0.418 e. The van der Waals surface area contributed by atoms with Crippen LogP contribution in [0.25, 0.3) is 0 Å². The average molecular weight is 266 g/mol. The van der Waals surface area contributed by atoms with Gasteiger partial charge in [0.1, 0.15) is 0 Å². The minimum absolute atomic E-state index is 0.0123. The molecule has 19 heavy (non-hydrogen) atoms. The molecule has 0 bridgehead atoms. The number of hydrogen-bond donors (Lipinski definition) is 2. The molecule has 0 radical (unpaired) electrons. The van der Waals surface area contributed by atoms with E-state index in [4.69, 9.17) is 5.73 Å². The molecular weight excluding hydrogens is 253 g/mol. The first-order chi connectivity index (χ1) is 8.88. The van der Waals surface area contributed by atoms with Crippen molar-refractivity contribution >= 4 is 17.1 Å². The van der Waals surface area contributed by atoms with Crippen LogP contribution in [0.2, 0.25) is 0 Å². The zero-order valence-corrected chi connectivity index (χ0v) is 10.3. The molecule has 2 aromatic carbocycles. The van der Waals surface area contributed by atoms with Crippen molar-refractivity contribution in [3.05, 3.63) is 53.6 Å². The Kier molecular flexibility index (Phi) is 3.38. The Labute approximate surface area is 109 Å². The molecule has 2 rings (SSSR count). The van der Waals surface area contributed by atoms with E-state index in [-0.39, 0.29) is 5.69 Å². The van der Waals surface area contributed by atoms with E-state index >= 15 is 0 Å². The molecule has 0 aliphatic carbocycles. The third kappa shape index (κ3) is 2.99. The van der Waals surface area contributed by atoms with E-state index in [0.29, 0.717) is 11.4 Å². The van der Waals surface area contributed by atoms with Gasteiger partial charge in [0, 0.05) is 11.4 Å². The molecule has 0 aliphatic rings. The first kappa shape index (κ1) is 13.3. The van der Waals surface area contributed by atoms with Gasteiger partial charge < -0.3 is 11.1 Å². The topological polar surface area (TPSA) is 38.0 Å². The van der Waals surface area contributed by atoms with E-state index in [2.05, 4.69) is 5.32 Å². The SMILES string of the molecule is Cc1ccc(Nc2ccccc2C(F)(F)F)cc1N. The Bertz CT molecular complexity index is 591. The Morgan fingerprint density at radius 1 is 1.05 bits per heavy atom. The van der Waals surface area contributed by atoms with Crippen LogP contribution in [0.3, 0.4) is 0 Å². The molecule has 5 heteroatoms. The maximum atomic E-state index is 12.8. The van der Waals surface area contributed by atoms with Gasteiger partial charge in [0.2, 0.25) is 0 Å². The summed E-state index contributed by atoms with van der Waals surface area (Å²) in [5.41, 5.74) is 7.00. The zero-order valence-electron chi connectivity index (χ0n) is 10.3. The second-order valence-corrected chi connectivity index (χ2v) is 4.24. The van der Waals surface area contributed by atoms with Gasteiger partial charge in [-0.05, 0) is 36.8 Å². The number of hydrogen-bond acceptors (Lipinski definition) is 2. The number of rotatable bonds is 2. The lowest BCUT2D eigenvalue weighted by atomic mass is 10.1. The lowest BCUT2D eigenvalue weighted by Gasteiger charge is -2.15. The van der Waals surface area contributed by atoms with Gasteiger partial charge in [0.15, 0.2) is 0 Å². The van der Waals surface area contributed by atoms with Crippen LogP contribution >= 0.6 is 0 Å². The predicted octanol–water partition coefficient (Wildman–Crippen LogP) is 4.34. The highest BCUT2D eigenvalue weighted by Gasteiger charge is 2.33. The van der Waals surface area contributed by atoms with Crippen LogP contribution in [0.1, 0.15) is 11.1 Å². The van der Waals surface area contributed by atoms with Crippen LogP contribution in [-0.2, 0) is 6.18 Å². The molecule has 0 heterocycles. The van der Waals surface area contributed by atoms with Crippen molar-refractivity contribution in [3.8, 4) is 0 Å². The quantitative estimate of drug-likeness (QED) is 0.793. The summed E-state index contributed by atoms with van der Waals surface area (Å²) in [4.78, 5) is 0. The van der Waals surface area contributed by atoms with Crippen LogP contribution in [0.4, 0.5) is 30.2 Å². The second kappa shape index (κ2) is 4.84. The fourth-order valence-corrected chi connectivity index (χ4v) is 1.71. The summed E-state index contributed by atoms with van der Waals surface area (Å²) in [6, 6.07) is 10.4. The van der Waals surface area contributed by atoms with Crippen molar-refractivity contribution < 1.29 is 13.2 Å². The Hall–Kier alpha value is -2.17. The normalized spacial score (nSPS) is 11.4. The van der Waals surface area contributed by atoms with E-state index in [9.17, 15) is 13.2 Å². The summed E-state index contributed by atoms with van der Waals surface area (Å²) >= 11 is 0. The molecule has 0 fully saturated rings. The number of halogens is 3. The number of nitrogen functional groups attached to an aromatic ring is 1. The summed E-state index contributed by atoms with van der Waals surface area (Å²) in [6.45, 7) is 1.84. The Balaban J connectivity index is 2.36. The molecule has 0 unspecified atom stereocenters. The molecule has 0 saturated heterocycles. The Morgan fingerprint density at radius 2 is 1.74 bits per heavy atom. The molecule has 0 amide bonds. The standard InChI is InChI=1S/C14H13F3N2/c1-9-6-7-10(8-12(9)18)19-13-5-3-2-4-11(13)14(15,16)17/h2-8,19H,18H2,1H3. The van der Waals surface area contributed by atoms with Crippen molar-refractivity contribution in [2.75, 3.05) is 11.1 Å². The van der Waals surface area contributed by atoms with Gasteiger partial charge in [-0.1, -0.05) is 18.2 Å². The fourth-order valence-electron chi connectivity index (χ4n) is 1.71. The van der Waals surface area contributed by atoms with Gasteiger partial charge >= 0.3 is 6.18 Å². The van der Waals surface area contributed by atoms with Crippen LogP contribution < -0.4 is 11.1 Å². The number of anilines is 3. The van der Waals surface area contributed by atoms with Gasteiger partial charge in [-0.2, -0.15) is 13.2 Å². The highest BCUT2D eigenvalue weighted by Crippen LogP contribution is 2.36. The molecule has 2 aromatic rings. The lowest BCUT2D eigenvalue weighted by Crippen LogP contribution is -2.08. The van der Waals surface area contributed by atoms with Crippen LogP contribution in [-0.4, -0.2) is 0 Å². The van der Waals surface area contributed by atoms with Crippen molar-refractivity contribution in [3.63, 3.8) is 0 Å². The molecule has 0 saturated carbocycles. The summed E-state index contributed by atoms with van der Waals surface area (Å²) < 4.78 is 38.5. The maximum absolute atomic E-state index is 12.8.